The van der Waals surface area contributed by atoms with Crippen LogP contribution in [0.2, 0.25) is 0 Å². The predicted octanol–water partition coefficient (Wildman–Crippen LogP) is 3.69. The summed E-state index contributed by atoms with van der Waals surface area (Å²) in [6.45, 7) is 6.37. The van der Waals surface area contributed by atoms with Gasteiger partial charge in [-0.15, -0.1) is 0 Å². The zero-order chi connectivity index (χ0) is 20.3. The standard InChI is InChI=1S/C21H25N3O4/c1-15(2)16-4-6-17(7-5-16)21(25)23-12-10-22(11-13-23)19-9-8-18(28-3)14-20(19)24(26)27/h4-9,14-15H,10-13H2,1-3H3. The fourth-order valence-electron chi connectivity index (χ4n) is 3.39. The monoisotopic (exact) mass is 383 g/mol. The molecule has 0 spiro atoms. The van der Waals surface area contributed by atoms with E-state index in [4.69, 9.17) is 4.74 Å². The van der Waals surface area contributed by atoms with Crippen molar-refractivity contribution in [1.82, 2.24) is 4.90 Å². The molecule has 0 N–H and O–H groups in total. The van der Waals surface area contributed by atoms with Crippen molar-refractivity contribution in [2.45, 2.75) is 19.8 Å². The second-order valence-corrected chi connectivity index (χ2v) is 7.17. The van der Waals surface area contributed by atoms with Gasteiger partial charge in [-0.3, -0.25) is 14.9 Å². The highest BCUT2D eigenvalue weighted by atomic mass is 16.6. The van der Waals surface area contributed by atoms with Crippen LogP contribution in [0.25, 0.3) is 0 Å². The Morgan fingerprint density at radius 1 is 1.07 bits per heavy atom. The van der Waals surface area contributed by atoms with Crippen LogP contribution in [0.1, 0.15) is 35.7 Å². The smallest absolute Gasteiger partial charge is 0.296 e. The van der Waals surface area contributed by atoms with Crippen molar-refractivity contribution < 1.29 is 14.5 Å². The molecule has 1 fully saturated rings. The summed E-state index contributed by atoms with van der Waals surface area (Å²) in [5, 5.41) is 11.4. The average Bonchev–Trinajstić information content (AvgIpc) is 2.73. The SMILES string of the molecule is COc1ccc(N2CCN(C(=O)c3ccc(C(C)C)cc3)CC2)c([N+](=O)[O-])c1. The quantitative estimate of drug-likeness (QED) is 0.581. The van der Waals surface area contributed by atoms with Crippen molar-refractivity contribution in [2.24, 2.45) is 0 Å². The minimum absolute atomic E-state index is 0.000753. The van der Waals surface area contributed by atoms with E-state index in [1.54, 1.807) is 17.0 Å². The molecule has 1 amide bonds. The summed E-state index contributed by atoms with van der Waals surface area (Å²) in [6.07, 6.45) is 0. The van der Waals surface area contributed by atoms with Gasteiger partial charge in [0.2, 0.25) is 0 Å². The maximum atomic E-state index is 12.8. The highest BCUT2D eigenvalue weighted by molar-refractivity contribution is 5.94. The Morgan fingerprint density at radius 2 is 1.71 bits per heavy atom. The summed E-state index contributed by atoms with van der Waals surface area (Å²) in [5.41, 5.74) is 2.45. The number of nitro groups is 1. The minimum atomic E-state index is -0.397. The number of methoxy groups -OCH3 is 1. The topological polar surface area (TPSA) is 75.9 Å². The molecule has 1 aliphatic rings. The number of nitro benzene ring substituents is 1. The zero-order valence-electron chi connectivity index (χ0n) is 16.4. The van der Waals surface area contributed by atoms with Gasteiger partial charge in [0, 0.05) is 31.7 Å². The van der Waals surface area contributed by atoms with Crippen LogP contribution in [-0.4, -0.2) is 49.0 Å². The van der Waals surface area contributed by atoms with Crippen molar-refractivity contribution >= 4 is 17.3 Å². The van der Waals surface area contributed by atoms with E-state index in [1.165, 1.54) is 18.7 Å². The lowest BCUT2D eigenvalue weighted by Crippen LogP contribution is -2.49. The van der Waals surface area contributed by atoms with Crippen molar-refractivity contribution in [3.8, 4) is 5.75 Å². The highest BCUT2D eigenvalue weighted by Gasteiger charge is 2.26. The van der Waals surface area contributed by atoms with E-state index in [1.807, 2.05) is 29.2 Å². The van der Waals surface area contributed by atoms with Gasteiger partial charge in [-0.05, 0) is 35.7 Å². The van der Waals surface area contributed by atoms with E-state index >= 15 is 0 Å². The molecule has 0 aliphatic carbocycles. The fourth-order valence-corrected chi connectivity index (χ4v) is 3.39. The van der Waals surface area contributed by atoms with E-state index in [0.717, 1.165) is 0 Å². The van der Waals surface area contributed by atoms with Crippen molar-refractivity contribution in [1.29, 1.82) is 0 Å². The van der Waals surface area contributed by atoms with Gasteiger partial charge in [-0.1, -0.05) is 26.0 Å². The van der Waals surface area contributed by atoms with Crippen LogP contribution in [0.15, 0.2) is 42.5 Å². The summed E-state index contributed by atoms with van der Waals surface area (Å²) in [7, 11) is 1.48. The molecule has 148 valence electrons. The first-order chi connectivity index (χ1) is 13.4. The molecular formula is C21H25N3O4. The first kappa shape index (κ1) is 19.7. The Labute approximate surface area is 164 Å². The van der Waals surface area contributed by atoms with Crippen LogP contribution in [0.5, 0.6) is 5.75 Å². The maximum absolute atomic E-state index is 12.8. The molecule has 7 heteroatoms. The molecular weight excluding hydrogens is 358 g/mol. The first-order valence-corrected chi connectivity index (χ1v) is 9.37. The zero-order valence-corrected chi connectivity index (χ0v) is 16.4. The van der Waals surface area contributed by atoms with Gasteiger partial charge in [-0.2, -0.15) is 0 Å². The summed E-state index contributed by atoms with van der Waals surface area (Å²) < 4.78 is 5.09. The molecule has 0 bridgehead atoms. The summed E-state index contributed by atoms with van der Waals surface area (Å²) in [4.78, 5) is 27.5. The van der Waals surface area contributed by atoms with Crippen LogP contribution in [-0.2, 0) is 0 Å². The van der Waals surface area contributed by atoms with Crippen LogP contribution in [0.3, 0.4) is 0 Å². The molecule has 0 aromatic heterocycles. The molecule has 2 aromatic carbocycles. The van der Waals surface area contributed by atoms with Gasteiger partial charge < -0.3 is 14.5 Å². The fraction of sp³-hybridized carbons (Fsp3) is 0.381. The number of hydrogen-bond donors (Lipinski definition) is 0. The first-order valence-electron chi connectivity index (χ1n) is 9.37. The van der Waals surface area contributed by atoms with Gasteiger partial charge in [0.1, 0.15) is 11.4 Å². The number of benzene rings is 2. The van der Waals surface area contributed by atoms with Crippen molar-refractivity contribution in [3.63, 3.8) is 0 Å². The van der Waals surface area contributed by atoms with Gasteiger partial charge in [-0.25, -0.2) is 0 Å². The Balaban J connectivity index is 1.69. The lowest BCUT2D eigenvalue weighted by molar-refractivity contribution is -0.384. The second-order valence-electron chi connectivity index (χ2n) is 7.17. The average molecular weight is 383 g/mol. The third-order valence-electron chi connectivity index (χ3n) is 5.11. The molecule has 0 radical (unpaired) electrons. The van der Waals surface area contributed by atoms with Gasteiger partial charge >= 0.3 is 0 Å². The van der Waals surface area contributed by atoms with E-state index in [0.29, 0.717) is 49.1 Å². The number of carbonyl (C=O) groups is 1. The number of anilines is 1. The van der Waals surface area contributed by atoms with Crippen molar-refractivity contribution in [2.75, 3.05) is 38.2 Å². The molecule has 7 nitrogen and oxygen atoms in total. The number of piperazine rings is 1. The van der Waals surface area contributed by atoms with E-state index < -0.39 is 4.92 Å². The van der Waals surface area contributed by atoms with Gasteiger partial charge in [0.15, 0.2) is 0 Å². The van der Waals surface area contributed by atoms with Crippen LogP contribution in [0, 0.1) is 10.1 Å². The number of amides is 1. The highest BCUT2D eigenvalue weighted by Crippen LogP contribution is 2.32. The number of ether oxygens (including phenoxy) is 1. The Bertz CT molecular complexity index is 856. The third kappa shape index (κ3) is 4.08. The van der Waals surface area contributed by atoms with Crippen LogP contribution in [0.4, 0.5) is 11.4 Å². The molecule has 0 atom stereocenters. The van der Waals surface area contributed by atoms with Gasteiger partial charge in [0.05, 0.1) is 18.1 Å². The summed E-state index contributed by atoms with van der Waals surface area (Å²) in [5.74, 6) is 0.876. The lowest BCUT2D eigenvalue weighted by atomic mass is 10.0. The molecule has 1 heterocycles. The Morgan fingerprint density at radius 3 is 2.25 bits per heavy atom. The number of rotatable bonds is 5. The Hall–Kier alpha value is -3.09. The van der Waals surface area contributed by atoms with E-state index in [2.05, 4.69) is 13.8 Å². The Kier molecular flexibility index (Phi) is 5.82. The van der Waals surface area contributed by atoms with Crippen LogP contribution < -0.4 is 9.64 Å². The third-order valence-corrected chi connectivity index (χ3v) is 5.11. The van der Waals surface area contributed by atoms with Gasteiger partial charge in [0.25, 0.3) is 11.6 Å². The predicted molar refractivity (Wildman–Crippen MR) is 108 cm³/mol. The molecule has 0 saturated carbocycles. The molecule has 1 aliphatic heterocycles. The summed E-state index contributed by atoms with van der Waals surface area (Å²) >= 11 is 0. The number of carbonyl (C=O) groups excluding carboxylic acids is 1. The van der Waals surface area contributed by atoms with E-state index in [-0.39, 0.29) is 11.6 Å². The molecule has 0 unspecified atom stereocenters. The normalized spacial score (nSPS) is 14.3. The number of hydrogen-bond acceptors (Lipinski definition) is 5. The second kappa shape index (κ2) is 8.29. The molecule has 3 rings (SSSR count). The molecule has 2 aromatic rings. The largest absolute Gasteiger partial charge is 0.496 e. The lowest BCUT2D eigenvalue weighted by Gasteiger charge is -2.36. The van der Waals surface area contributed by atoms with Crippen molar-refractivity contribution in [3.05, 3.63) is 63.7 Å². The number of nitrogens with zero attached hydrogens (tertiary/aromatic N) is 3. The van der Waals surface area contributed by atoms with E-state index in [9.17, 15) is 14.9 Å². The summed E-state index contributed by atoms with van der Waals surface area (Å²) in [6, 6.07) is 12.6. The molecule has 28 heavy (non-hydrogen) atoms. The molecule has 1 saturated heterocycles. The van der Waals surface area contributed by atoms with Crippen LogP contribution >= 0.6 is 0 Å². The minimum Gasteiger partial charge on any atom is -0.496 e. The maximum Gasteiger partial charge on any atom is 0.296 e.